The summed E-state index contributed by atoms with van der Waals surface area (Å²) in [6, 6.07) is -0.175. The van der Waals surface area contributed by atoms with Gasteiger partial charge < -0.3 is 11.1 Å². The van der Waals surface area contributed by atoms with Crippen molar-refractivity contribution in [3.63, 3.8) is 0 Å². The van der Waals surface area contributed by atoms with Gasteiger partial charge in [-0.1, -0.05) is 13.8 Å². The molecule has 0 rings (SSSR count). The molecule has 0 spiro atoms. The Morgan fingerprint density at radius 3 is 2.11 bits per heavy atom. The molecular weight excluding hydrogens is 116 g/mol. The monoisotopic (exact) mass is 130 g/mol. The maximum Gasteiger partial charge on any atom is 0.312 e. The van der Waals surface area contributed by atoms with E-state index in [1.807, 2.05) is 13.8 Å². The first-order valence-electron chi connectivity index (χ1n) is 3.26. The van der Waals surface area contributed by atoms with Gasteiger partial charge in [0.25, 0.3) is 0 Å². The highest BCUT2D eigenvalue weighted by atomic mass is 16.2. The molecule has 0 bridgehead atoms. The summed E-state index contributed by atoms with van der Waals surface area (Å²) in [4.78, 5) is 10.2. The van der Waals surface area contributed by atoms with Gasteiger partial charge in [-0.25, -0.2) is 4.79 Å². The van der Waals surface area contributed by atoms with Crippen LogP contribution in [0, 0.1) is 0 Å². The van der Waals surface area contributed by atoms with E-state index >= 15 is 0 Å². The number of nitrogens with two attached hydrogens (primary N) is 1. The Hall–Kier alpha value is -0.730. The lowest BCUT2D eigenvalue weighted by Crippen LogP contribution is -2.37. The van der Waals surface area contributed by atoms with Crippen molar-refractivity contribution in [2.75, 3.05) is 0 Å². The zero-order chi connectivity index (χ0) is 7.28. The van der Waals surface area contributed by atoms with Gasteiger partial charge in [0.1, 0.15) is 0 Å². The van der Waals surface area contributed by atoms with Crippen LogP contribution < -0.4 is 11.1 Å². The molecule has 0 aromatic carbocycles. The third kappa shape index (κ3) is 3.82. The summed E-state index contributed by atoms with van der Waals surface area (Å²) < 4.78 is 0. The second-order valence-corrected chi connectivity index (χ2v) is 2.02. The Bertz CT molecular complexity index is 89.1. The SMILES string of the molecule is CCC(CC)NC(N)=O. The molecule has 3 heteroatoms. The first kappa shape index (κ1) is 8.27. The van der Waals surface area contributed by atoms with Crippen molar-refractivity contribution in [1.82, 2.24) is 5.32 Å². The quantitative estimate of drug-likeness (QED) is 0.584. The number of nitrogens with one attached hydrogen (secondary N) is 1. The van der Waals surface area contributed by atoms with Crippen LogP contribution in [0.3, 0.4) is 0 Å². The standard InChI is InChI=1S/C6H14N2O/c1-3-5(4-2)8-6(7)9/h5H,3-4H2,1-2H3,(H3,7,8,9). The van der Waals surface area contributed by atoms with Gasteiger partial charge in [0.15, 0.2) is 0 Å². The summed E-state index contributed by atoms with van der Waals surface area (Å²) in [5.74, 6) is 0. The second-order valence-electron chi connectivity index (χ2n) is 2.02. The van der Waals surface area contributed by atoms with E-state index < -0.39 is 6.03 Å². The van der Waals surface area contributed by atoms with E-state index in [4.69, 9.17) is 5.73 Å². The molecule has 0 heterocycles. The van der Waals surface area contributed by atoms with Crippen LogP contribution in [-0.2, 0) is 0 Å². The van der Waals surface area contributed by atoms with E-state index in [0.29, 0.717) is 0 Å². The van der Waals surface area contributed by atoms with Crippen LogP contribution in [0.15, 0.2) is 0 Å². The Labute approximate surface area is 55.6 Å². The summed E-state index contributed by atoms with van der Waals surface area (Å²) in [5, 5.41) is 2.62. The smallest absolute Gasteiger partial charge is 0.312 e. The molecule has 0 unspecified atom stereocenters. The number of carbonyl (C=O) groups is 1. The highest BCUT2D eigenvalue weighted by Gasteiger charge is 2.02. The van der Waals surface area contributed by atoms with Gasteiger partial charge in [0.05, 0.1) is 0 Å². The summed E-state index contributed by atoms with van der Waals surface area (Å²) >= 11 is 0. The summed E-state index contributed by atoms with van der Waals surface area (Å²) in [7, 11) is 0. The summed E-state index contributed by atoms with van der Waals surface area (Å²) in [6.07, 6.45) is 1.89. The molecule has 3 nitrogen and oxygen atoms in total. The fourth-order valence-electron chi connectivity index (χ4n) is 0.694. The lowest BCUT2D eigenvalue weighted by atomic mass is 10.2. The molecule has 0 aliphatic heterocycles. The van der Waals surface area contributed by atoms with Crippen LogP contribution in [0.4, 0.5) is 4.79 Å². The number of rotatable bonds is 3. The average Bonchev–Trinajstić information content (AvgIpc) is 1.82. The first-order chi connectivity index (χ1) is 4.20. The van der Waals surface area contributed by atoms with Crippen LogP contribution in [0.2, 0.25) is 0 Å². The largest absolute Gasteiger partial charge is 0.352 e. The Kier molecular flexibility index (Phi) is 3.84. The van der Waals surface area contributed by atoms with Crippen molar-refractivity contribution < 1.29 is 4.79 Å². The Morgan fingerprint density at radius 2 is 2.00 bits per heavy atom. The van der Waals surface area contributed by atoms with Gasteiger partial charge in [-0.2, -0.15) is 0 Å². The molecular formula is C6H14N2O. The van der Waals surface area contributed by atoms with Gasteiger partial charge in [0, 0.05) is 6.04 Å². The van der Waals surface area contributed by atoms with Crippen LogP contribution >= 0.6 is 0 Å². The molecule has 9 heavy (non-hydrogen) atoms. The van der Waals surface area contributed by atoms with E-state index in [2.05, 4.69) is 5.32 Å². The summed E-state index contributed by atoms with van der Waals surface area (Å²) in [6.45, 7) is 4.04. The Morgan fingerprint density at radius 1 is 1.56 bits per heavy atom. The molecule has 0 saturated carbocycles. The fraction of sp³-hybridized carbons (Fsp3) is 0.833. The number of amides is 2. The Balaban J connectivity index is 3.43. The predicted octanol–water partition coefficient (Wildman–Crippen LogP) is 0.843. The third-order valence-corrected chi connectivity index (χ3v) is 1.33. The van der Waals surface area contributed by atoms with Crippen LogP contribution in [0.25, 0.3) is 0 Å². The molecule has 0 fully saturated rings. The van der Waals surface area contributed by atoms with Crippen molar-refractivity contribution in [3.05, 3.63) is 0 Å². The molecule has 2 amide bonds. The van der Waals surface area contributed by atoms with Crippen molar-refractivity contribution in [2.45, 2.75) is 32.7 Å². The number of primary amides is 1. The number of carbonyl (C=O) groups excluding carboxylic acids is 1. The van der Waals surface area contributed by atoms with Gasteiger partial charge in [-0.3, -0.25) is 0 Å². The van der Waals surface area contributed by atoms with E-state index in [1.165, 1.54) is 0 Å². The lowest BCUT2D eigenvalue weighted by molar-refractivity contribution is 0.244. The maximum absolute atomic E-state index is 10.2. The van der Waals surface area contributed by atoms with E-state index in [1.54, 1.807) is 0 Å². The van der Waals surface area contributed by atoms with Crippen molar-refractivity contribution in [2.24, 2.45) is 5.73 Å². The van der Waals surface area contributed by atoms with Gasteiger partial charge in [0.2, 0.25) is 0 Å². The normalized spacial score (nSPS) is 9.67. The van der Waals surface area contributed by atoms with E-state index in [9.17, 15) is 4.79 Å². The summed E-state index contributed by atoms with van der Waals surface area (Å²) in [5.41, 5.74) is 4.89. The maximum atomic E-state index is 10.2. The highest BCUT2D eigenvalue weighted by Crippen LogP contribution is 1.93. The average molecular weight is 130 g/mol. The topological polar surface area (TPSA) is 55.1 Å². The molecule has 0 aliphatic carbocycles. The van der Waals surface area contributed by atoms with Gasteiger partial charge >= 0.3 is 6.03 Å². The zero-order valence-electron chi connectivity index (χ0n) is 5.98. The minimum atomic E-state index is -0.427. The molecule has 54 valence electrons. The van der Waals surface area contributed by atoms with Crippen LogP contribution in [-0.4, -0.2) is 12.1 Å². The third-order valence-electron chi connectivity index (χ3n) is 1.33. The van der Waals surface area contributed by atoms with Crippen molar-refractivity contribution >= 4 is 6.03 Å². The number of hydrogen-bond donors (Lipinski definition) is 2. The minimum Gasteiger partial charge on any atom is -0.352 e. The van der Waals surface area contributed by atoms with Crippen LogP contribution in [0.5, 0.6) is 0 Å². The fourth-order valence-corrected chi connectivity index (χ4v) is 0.694. The molecule has 0 aromatic rings. The first-order valence-corrected chi connectivity index (χ1v) is 3.26. The molecule has 0 aliphatic rings. The number of urea groups is 1. The van der Waals surface area contributed by atoms with E-state index in [-0.39, 0.29) is 6.04 Å². The van der Waals surface area contributed by atoms with E-state index in [0.717, 1.165) is 12.8 Å². The zero-order valence-corrected chi connectivity index (χ0v) is 5.98. The molecule has 0 aromatic heterocycles. The highest BCUT2D eigenvalue weighted by molar-refractivity contribution is 5.71. The molecule has 0 saturated heterocycles. The van der Waals surface area contributed by atoms with Crippen molar-refractivity contribution in [3.8, 4) is 0 Å². The molecule has 0 radical (unpaired) electrons. The lowest BCUT2D eigenvalue weighted by Gasteiger charge is -2.11. The van der Waals surface area contributed by atoms with Crippen LogP contribution in [0.1, 0.15) is 26.7 Å². The molecule has 0 atom stereocenters. The molecule has 3 N–H and O–H groups in total. The van der Waals surface area contributed by atoms with Crippen molar-refractivity contribution in [1.29, 1.82) is 0 Å². The second kappa shape index (κ2) is 4.18. The minimum absolute atomic E-state index is 0.252. The predicted molar refractivity (Wildman–Crippen MR) is 37.1 cm³/mol. The number of hydrogen-bond acceptors (Lipinski definition) is 1. The van der Waals surface area contributed by atoms with Gasteiger partial charge in [-0.15, -0.1) is 0 Å². The van der Waals surface area contributed by atoms with Gasteiger partial charge in [-0.05, 0) is 12.8 Å².